The number of aryl methyl sites for hydroxylation is 2. The Kier molecular flexibility index (Phi) is 9.08. The van der Waals surface area contributed by atoms with Crippen LogP contribution in [-0.2, 0) is 21.4 Å². The van der Waals surface area contributed by atoms with Crippen molar-refractivity contribution in [2.75, 3.05) is 18.4 Å². The van der Waals surface area contributed by atoms with E-state index in [2.05, 4.69) is 39.9 Å². The summed E-state index contributed by atoms with van der Waals surface area (Å²) in [5, 5.41) is 7.84. The third-order valence-electron chi connectivity index (χ3n) is 6.13. The van der Waals surface area contributed by atoms with Gasteiger partial charge in [0.05, 0.1) is 17.9 Å². The number of amides is 2. The molecular formula is C30H40N4O2. The van der Waals surface area contributed by atoms with Crippen molar-refractivity contribution in [2.45, 2.75) is 66.2 Å². The summed E-state index contributed by atoms with van der Waals surface area (Å²) in [6, 6.07) is 19.9. The lowest BCUT2D eigenvalue weighted by Crippen LogP contribution is -2.39. The molecule has 6 nitrogen and oxygen atoms in total. The Balaban J connectivity index is 1.77. The van der Waals surface area contributed by atoms with Gasteiger partial charge in [-0.15, -0.1) is 0 Å². The molecule has 0 unspecified atom stereocenters. The molecule has 0 radical (unpaired) electrons. The first kappa shape index (κ1) is 27.2. The van der Waals surface area contributed by atoms with Gasteiger partial charge in [0.25, 0.3) is 0 Å². The van der Waals surface area contributed by atoms with Crippen LogP contribution in [-0.4, -0.2) is 39.6 Å². The maximum absolute atomic E-state index is 13.2. The Hall–Kier alpha value is -3.41. The summed E-state index contributed by atoms with van der Waals surface area (Å²) in [6.45, 7) is 13.2. The third kappa shape index (κ3) is 7.80. The van der Waals surface area contributed by atoms with Crippen molar-refractivity contribution in [1.29, 1.82) is 0 Å². The lowest BCUT2D eigenvalue weighted by Gasteiger charge is -2.23. The van der Waals surface area contributed by atoms with Crippen LogP contribution in [0.2, 0.25) is 0 Å². The van der Waals surface area contributed by atoms with Crippen LogP contribution in [0, 0.1) is 12.8 Å². The molecule has 6 heteroatoms. The average molecular weight is 489 g/mol. The molecule has 192 valence electrons. The van der Waals surface area contributed by atoms with Gasteiger partial charge in [0.2, 0.25) is 11.8 Å². The predicted octanol–water partition coefficient (Wildman–Crippen LogP) is 5.92. The van der Waals surface area contributed by atoms with Gasteiger partial charge >= 0.3 is 0 Å². The molecule has 1 aromatic heterocycles. The number of nitrogens with one attached hydrogen (secondary N) is 1. The number of carbonyl (C=O) groups is 2. The average Bonchev–Trinajstić information content (AvgIpc) is 3.25. The van der Waals surface area contributed by atoms with Crippen molar-refractivity contribution in [3.8, 4) is 5.69 Å². The van der Waals surface area contributed by atoms with Gasteiger partial charge in [-0.1, -0.05) is 77.1 Å². The molecule has 0 saturated heterocycles. The summed E-state index contributed by atoms with van der Waals surface area (Å²) < 4.78 is 1.78. The maximum atomic E-state index is 13.2. The molecule has 3 aromatic rings. The normalized spacial score (nSPS) is 11.5. The first-order valence-corrected chi connectivity index (χ1v) is 12.8. The fourth-order valence-electron chi connectivity index (χ4n) is 3.91. The molecule has 1 heterocycles. The summed E-state index contributed by atoms with van der Waals surface area (Å²) in [5.41, 5.74) is 3.83. The molecule has 0 saturated carbocycles. The van der Waals surface area contributed by atoms with Crippen LogP contribution < -0.4 is 5.32 Å². The molecule has 0 spiro atoms. The number of anilines is 1. The van der Waals surface area contributed by atoms with Gasteiger partial charge in [0.1, 0.15) is 5.82 Å². The van der Waals surface area contributed by atoms with Crippen molar-refractivity contribution in [3.63, 3.8) is 0 Å². The highest BCUT2D eigenvalue weighted by Crippen LogP contribution is 2.26. The fourth-order valence-corrected chi connectivity index (χ4v) is 3.91. The van der Waals surface area contributed by atoms with Gasteiger partial charge in [0, 0.05) is 24.4 Å². The highest BCUT2D eigenvalue weighted by atomic mass is 16.2. The van der Waals surface area contributed by atoms with Crippen LogP contribution in [0.3, 0.4) is 0 Å². The first-order chi connectivity index (χ1) is 17.0. The van der Waals surface area contributed by atoms with Crippen LogP contribution >= 0.6 is 0 Å². The Labute approximate surface area is 215 Å². The van der Waals surface area contributed by atoms with E-state index in [9.17, 15) is 9.59 Å². The van der Waals surface area contributed by atoms with Crippen LogP contribution in [0.1, 0.15) is 64.3 Å². The van der Waals surface area contributed by atoms with E-state index in [-0.39, 0.29) is 23.8 Å². The van der Waals surface area contributed by atoms with E-state index in [1.165, 1.54) is 0 Å². The topological polar surface area (TPSA) is 67.2 Å². The van der Waals surface area contributed by atoms with Crippen molar-refractivity contribution in [3.05, 3.63) is 77.5 Å². The summed E-state index contributed by atoms with van der Waals surface area (Å²) in [5.74, 6) is 0.823. The summed E-state index contributed by atoms with van der Waals surface area (Å²) in [6.07, 6.45) is 1.89. The van der Waals surface area contributed by atoms with Gasteiger partial charge in [-0.05, 0) is 48.9 Å². The molecular weight excluding hydrogens is 448 g/mol. The SMILES string of the molecule is Cc1cccc(-n2nc(C(C)(C)C)cc2NC(=O)CN(CCC(C)C)C(=O)CCc2ccccc2)c1. The summed E-state index contributed by atoms with van der Waals surface area (Å²) in [7, 11) is 0. The third-order valence-corrected chi connectivity index (χ3v) is 6.13. The molecule has 0 aliphatic heterocycles. The largest absolute Gasteiger partial charge is 0.333 e. The molecule has 0 bridgehead atoms. The van der Waals surface area contributed by atoms with Crippen molar-refractivity contribution in [2.24, 2.45) is 5.92 Å². The van der Waals surface area contributed by atoms with Crippen molar-refractivity contribution >= 4 is 17.6 Å². The second-order valence-electron chi connectivity index (χ2n) is 10.9. The fraction of sp³-hybridized carbons (Fsp3) is 0.433. The number of hydrogen-bond acceptors (Lipinski definition) is 3. The van der Waals surface area contributed by atoms with Crippen molar-refractivity contribution < 1.29 is 9.59 Å². The molecule has 2 aromatic carbocycles. The number of benzene rings is 2. The van der Waals surface area contributed by atoms with E-state index >= 15 is 0 Å². The van der Waals surface area contributed by atoms with Gasteiger partial charge in [-0.25, -0.2) is 4.68 Å². The molecule has 0 aliphatic rings. The lowest BCUT2D eigenvalue weighted by molar-refractivity contribution is -0.134. The van der Waals surface area contributed by atoms with E-state index in [1.807, 2.05) is 67.6 Å². The molecule has 2 amide bonds. The minimum absolute atomic E-state index is 0.00257. The Morgan fingerprint density at radius 3 is 2.39 bits per heavy atom. The Morgan fingerprint density at radius 1 is 1.03 bits per heavy atom. The zero-order chi connectivity index (χ0) is 26.3. The van der Waals surface area contributed by atoms with Crippen LogP contribution in [0.15, 0.2) is 60.7 Å². The predicted molar refractivity (Wildman–Crippen MR) is 146 cm³/mol. The quantitative estimate of drug-likeness (QED) is 0.385. The molecule has 0 fully saturated rings. The van der Waals surface area contributed by atoms with Gasteiger partial charge in [-0.2, -0.15) is 5.10 Å². The number of aromatic nitrogens is 2. The lowest BCUT2D eigenvalue weighted by atomic mass is 9.92. The van der Waals surface area contributed by atoms with E-state index in [0.29, 0.717) is 31.1 Å². The van der Waals surface area contributed by atoms with E-state index in [4.69, 9.17) is 5.10 Å². The van der Waals surface area contributed by atoms with E-state index < -0.39 is 0 Å². The van der Waals surface area contributed by atoms with Crippen LogP contribution in [0.25, 0.3) is 5.69 Å². The Morgan fingerprint density at radius 2 is 1.75 bits per heavy atom. The molecule has 36 heavy (non-hydrogen) atoms. The zero-order valence-electron chi connectivity index (χ0n) is 22.5. The minimum Gasteiger partial charge on any atom is -0.333 e. The number of hydrogen-bond donors (Lipinski definition) is 1. The standard InChI is InChI=1S/C30H40N4O2/c1-22(2)17-18-33(29(36)16-15-24-12-8-7-9-13-24)21-28(35)31-27-20-26(30(4,5)6)32-34(27)25-14-10-11-23(3)19-25/h7-14,19-20,22H,15-18,21H2,1-6H3,(H,31,35). The number of nitrogens with zero attached hydrogens (tertiary/aromatic N) is 3. The van der Waals surface area contributed by atoms with Crippen LogP contribution in [0.4, 0.5) is 5.82 Å². The van der Waals surface area contributed by atoms with Gasteiger partial charge < -0.3 is 10.2 Å². The molecule has 0 aliphatic carbocycles. The monoisotopic (exact) mass is 488 g/mol. The second-order valence-corrected chi connectivity index (χ2v) is 10.9. The summed E-state index contributed by atoms with van der Waals surface area (Å²) >= 11 is 0. The van der Waals surface area contributed by atoms with Crippen molar-refractivity contribution in [1.82, 2.24) is 14.7 Å². The maximum Gasteiger partial charge on any atom is 0.245 e. The summed E-state index contributed by atoms with van der Waals surface area (Å²) in [4.78, 5) is 28.0. The van der Waals surface area contributed by atoms with Gasteiger partial charge in [-0.3, -0.25) is 9.59 Å². The zero-order valence-corrected chi connectivity index (χ0v) is 22.5. The Bertz CT molecular complexity index is 1160. The highest BCUT2D eigenvalue weighted by Gasteiger charge is 2.23. The highest BCUT2D eigenvalue weighted by molar-refractivity contribution is 5.94. The van der Waals surface area contributed by atoms with Gasteiger partial charge in [0.15, 0.2) is 0 Å². The number of carbonyl (C=O) groups excluding carboxylic acids is 2. The smallest absolute Gasteiger partial charge is 0.245 e. The molecule has 1 N–H and O–H groups in total. The van der Waals surface area contributed by atoms with E-state index in [1.54, 1.807) is 9.58 Å². The molecule has 0 atom stereocenters. The second kappa shape index (κ2) is 12.0. The minimum atomic E-state index is -0.221. The number of rotatable bonds is 10. The van der Waals surface area contributed by atoms with E-state index in [0.717, 1.165) is 28.9 Å². The first-order valence-electron chi connectivity index (χ1n) is 12.8. The molecule has 3 rings (SSSR count). The van der Waals surface area contributed by atoms with Crippen LogP contribution in [0.5, 0.6) is 0 Å².